The lowest BCUT2D eigenvalue weighted by molar-refractivity contribution is -0.119. The number of hydrogen-bond acceptors (Lipinski definition) is 4. The van der Waals surface area contributed by atoms with Crippen LogP contribution < -0.4 is 11.1 Å². The Balaban J connectivity index is 1.47. The highest BCUT2D eigenvalue weighted by molar-refractivity contribution is 5.92. The van der Waals surface area contributed by atoms with E-state index in [0.717, 1.165) is 31.6 Å². The van der Waals surface area contributed by atoms with Crippen LogP contribution in [0.2, 0.25) is 0 Å². The molecule has 1 saturated heterocycles. The summed E-state index contributed by atoms with van der Waals surface area (Å²) >= 11 is 0. The summed E-state index contributed by atoms with van der Waals surface area (Å²) in [5.41, 5.74) is 6.72. The number of carbonyl (C=O) groups excluding carboxylic acids is 2. The van der Waals surface area contributed by atoms with E-state index in [0.29, 0.717) is 18.2 Å². The Morgan fingerprint density at radius 1 is 1.33 bits per heavy atom. The number of piperidine rings is 1. The van der Waals surface area contributed by atoms with Crippen LogP contribution in [0.5, 0.6) is 0 Å². The monoisotopic (exact) mass is 291 g/mol. The number of amides is 2. The second kappa shape index (κ2) is 5.85. The third kappa shape index (κ3) is 3.60. The van der Waals surface area contributed by atoms with E-state index in [1.165, 1.54) is 12.8 Å². The zero-order valence-electron chi connectivity index (χ0n) is 12.0. The Bertz CT molecular complexity index is 529. The molecular formula is C14H21N5O2. The molecule has 114 valence electrons. The highest BCUT2D eigenvalue weighted by Crippen LogP contribution is 2.38. The molecule has 1 aromatic heterocycles. The molecule has 3 rings (SSSR count). The normalized spacial score (nSPS) is 20.4. The van der Waals surface area contributed by atoms with Gasteiger partial charge in [0.1, 0.15) is 5.69 Å². The van der Waals surface area contributed by atoms with Crippen molar-refractivity contribution in [3.63, 3.8) is 0 Å². The van der Waals surface area contributed by atoms with Crippen molar-refractivity contribution in [3.8, 4) is 0 Å². The van der Waals surface area contributed by atoms with Crippen molar-refractivity contribution in [2.75, 3.05) is 19.6 Å². The van der Waals surface area contributed by atoms with Crippen molar-refractivity contribution in [1.29, 1.82) is 0 Å². The van der Waals surface area contributed by atoms with E-state index in [2.05, 4.69) is 15.5 Å². The first-order valence-electron chi connectivity index (χ1n) is 7.48. The van der Waals surface area contributed by atoms with Crippen LogP contribution in [0.25, 0.3) is 0 Å². The maximum atomic E-state index is 12.1. The smallest absolute Gasteiger partial charge is 0.271 e. The van der Waals surface area contributed by atoms with Crippen molar-refractivity contribution in [2.24, 2.45) is 5.73 Å². The van der Waals surface area contributed by atoms with Gasteiger partial charge < -0.3 is 11.1 Å². The SMILES string of the molecule is NC(=O)CN1CCC(NC(=O)c2cc(C3CC3)[nH]n2)CC1. The molecule has 4 N–H and O–H groups in total. The van der Waals surface area contributed by atoms with Crippen LogP contribution >= 0.6 is 0 Å². The molecule has 2 heterocycles. The molecule has 1 aliphatic heterocycles. The van der Waals surface area contributed by atoms with Crippen LogP contribution in [-0.4, -0.2) is 52.6 Å². The topological polar surface area (TPSA) is 104 Å². The number of likely N-dealkylation sites (tertiary alicyclic amines) is 1. The molecule has 0 atom stereocenters. The number of nitrogens with zero attached hydrogens (tertiary/aromatic N) is 2. The van der Waals surface area contributed by atoms with E-state index in [1.54, 1.807) is 0 Å². The van der Waals surface area contributed by atoms with E-state index in [1.807, 2.05) is 11.0 Å². The second-order valence-electron chi connectivity index (χ2n) is 5.97. The van der Waals surface area contributed by atoms with Crippen LogP contribution in [0.4, 0.5) is 0 Å². The number of rotatable bonds is 5. The van der Waals surface area contributed by atoms with Gasteiger partial charge in [-0.05, 0) is 31.7 Å². The summed E-state index contributed by atoms with van der Waals surface area (Å²) in [6, 6.07) is 2.00. The van der Waals surface area contributed by atoms with Crippen LogP contribution in [0.3, 0.4) is 0 Å². The van der Waals surface area contributed by atoms with Gasteiger partial charge in [-0.15, -0.1) is 0 Å². The molecule has 0 spiro atoms. The second-order valence-corrected chi connectivity index (χ2v) is 5.97. The number of primary amides is 1. The van der Waals surface area contributed by atoms with E-state index >= 15 is 0 Å². The maximum Gasteiger partial charge on any atom is 0.271 e. The molecule has 7 nitrogen and oxygen atoms in total. The lowest BCUT2D eigenvalue weighted by Crippen LogP contribution is -2.46. The number of nitrogens with one attached hydrogen (secondary N) is 2. The standard InChI is InChI=1S/C14H21N5O2/c15-13(20)8-19-5-3-10(4-6-19)16-14(21)12-7-11(17-18-12)9-1-2-9/h7,9-10H,1-6,8H2,(H2,15,20)(H,16,21)(H,17,18). The van der Waals surface area contributed by atoms with Gasteiger partial charge >= 0.3 is 0 Å². The Labute approximate surface area is 123 Å². The molecule has 2 amide bonds. The highest BCUT2D eigenvalue weighted by Gasteiger charge is 2.27. The zero-order chi connectivity index (χ0) is 14.8. The first-order valence-corrected chi connectivity index (χ1v) is 7.48. The fourth-order valence-corrected chi connectivity index (χ4v) is 2.77. The van der Waals surface area contributed by atoms with E-state index in [-0.39, 0.29) is 17.9 Å². The molecule has 1 saturated carbocycles. The molecule has 0 radical (unpaired) electrons. The minimum absolute atomic E-state index is 0.119. The number of aromatic amines is 1. The van der Waals surface area contributed by atoms with E-state index < -0.39 is 0 Å². The summed E-state index contributed by atoms with van der Waals surface area (Å²) < 4.78 is 0. The lowest BCUT2D eigenvalue weighted by atomic mass is 10.0. The predicted molar refractivity (Wildman–Crippen MR) is 76.7 cm³/mol. The van der Waals surface area contributed by atoms with Gasteiger partial charge in [0.15, 0.2) is 0 Å². The van der Waals surface area contributed by atoms with Crippen molar-refractivity contribution < 1.29 is 9.59 Å². The average Bonchev–Trinajstić information content (AvgIpc) is 3.18. The third-order valence-corrected chi connectivity index (χ3v) is 4.15. The highest BCUT2D eigenvalue weighted by atomic mass is 16.2. The first-order chi connectivity index (χ1) is 10.1. The fourth-order valence-electron chi connectivity index (χ4n) is 2.77. The van der Waals surface area contributed by atoms with Crippen LogP contribution in [0.1, 0.15) is 47.8 Å². The molecule has 2 fully saturated rings. The van der Waals surface area contributed by atoms with Crippen molar-refractivity contribution >= 4 is 11.8 Å². The zero-order valence-corrected chi connectivity index (χ0v) is 12.0. The maximum absolute atomic E-state index is 12.1. The van der Waals surface area contributed by atoms with Gasteiger partial charge in [0, 0.05) is 30.7 Å². The predicted octanol–water partition coefficient (Wildman–Crippen LogP) is -0.0334. The Hall–Kier alpha value is -1.89. The van der Waals surface area contributed by atoms with Gasteiger partial charge in [-0.3, -0.25) is 19.6 Å². The largest absolute Gasteiger partial charge is 0.369 e. The summed E-state index contributed by atoms with van der Waals surface area (Å²) in [4.78, 5) is 25.0. The number of aromatic nitrogens is 2. The molecular weight excluding hydrogens is 270 g/mol. The van der Waals surface area contributed by atoms with Crippen molar-refractivity contribution in [3.05, 3.63) is 17.5 Å². The lowest BCUT2D eigenvalue weighted by Gasteiger charge is -2.31. The van der Waals surface area contributed by atoms with Crippen molar-refractivity contribution in [1.82, 2.24) is 20.4 Å². The van der Waals surface area contributed by atoms with E-state index in [9.17, 15) is 9.59 Å². The minimum Gasteiger partial charge on any atom is -0.369 e. The number of H-pyrrole nitrogens is 1. The Morgan fingerprint density at radius 2 is 2.05 bits per heavy atom. The number of hydrogen-bond donors (Lipinski definition) is 3. The van der Waals surface area contributed by atoms with Gasteiger partial charge in [0.25, 0.3) is 5.91 Å². The summed E-state index contributed by atoms with van der Waals surface area (Å²) in [6.45, 7) is 1.86. The van der Waals surface area contributed by atoms with Gasteiger partial charge in [-0.25, -0.2) is 0 Å². The van der Waals surface area contributed by atoms with Gasteiger partial charge in [-0.2, -0.15) is 5.10 Å². The fraction of sp³-hybridized carbons (Fsp3) is 0.643. The van der Waals surface area contributed by atoms with Gasteiger partial charge in [0.2, 0.25) is 5.91 Å². The van der Waals surface area contributed by atoms with Crippen LogP contribution in [-0.2, 0) is 4.79 Å². The molecule has 0 aromatic carbocycles. The molecule has 2 aliphatic rings. The number of nitrogens with two attached hydrogens (primary N) is 1. The average molecular weight is 291 g/mol. The van der Waals surface area contributed by atoms with Crippen molar-refractivity contribution in [2.45, 2.75) is 37.6 Å². The Morgan fingerprint density at radius 3 is 2.67 bits per heavy atom. The molecule has 7 heteroatoms. The molecule has 0 bridgehead atoms. The molecule has 0 unspecified atom stereocenters. The Kier molecular flexibility index (Phi) is 3.92. The molecule has 21 heavy (non-hydrogen) atoms. The summed E-state index contributed by atoms with van der Waals surface area (Å²) in [5, 5.41) is 10.1. The third-order valence-electron chi connectivity index (χ3n) is 4.15. The molecule has 1 aromatic rings. The van der Waals surface area contributed by atoms with Gasteiger partial charge in [0.05, 0.1) is 6.54 Å². The van der Waals surface area contributed by atoms with E-state index in [4.69, 9.17) is 5.73 Å². The van der Waals surface area contributed by atoms with Crippen LogP contribution in [0, 0.1) is 0 Å². The minimum atomic E-state index is -0.304. The summed E-state index contributed by atoms with van der Waals surface area (Å²) in [7, 11) is 0. The van der Waals surface area contributed by atoms with Crippen LogP contribution in [0.15, 0.2) is 6.07 Å². The molecule has 1 aliphatic carbocycles. The summed E-state index contributed by atoms with van der Waals surface area (Å²) in [5.74, 6) is 0.143. The summed E-state index contributed by atoms with van der Waals surface area (Å²) in [6.07, 6.45) is 4.03. The van der Waals surface area contributed by atoms with Gasteiger partial charge in [-0.1, -0.05) is 0 Å². The number of carbonyl (C=O) groups is 2. The first kappa shape index (κ1) is 14.1. The quantitative estimate of drug-likeness (QED) is 0.708.